The Labute approximate surface area is 64.1 Å². The summed E-state index contributed by atoms with van der Waals surface area (Å²) in [5, 5.41) is 0. The molecule has 11 heavy (non-hydrogen) atoms. The number of alkyl halides is 3. The predicted molar refractivity (Wildman–Crippen MR) is 37.2 cm³/mol. The normalized spacial score (nSPS) is 21.2. The lowest BCUT2D eigenvalue weighted by molar-refractivity contribution is -0.172. The molecule has 1 saturated carbocycles. The fraction of sp³-hybridized carbons (Fsp3) is 0.750. The highest BCUT2D eigenvalue weighted by molar-refractivity contribution is 5.16. The van der Waals surface area contributed by atoms with E-state index >= 15 is 0 Å². The average Bonchev–Trinajstić information content (AvgIpc) is 2.42. The van der Waals surface area contributed by atoms with Crippen LogP contribution < -0.4 is 0 Å². The zero-order valence-corrected chi connectivity index (χ0v) is 6.63. The van der Waals surface area contributed by atoms with Gasteiger partial charge in [-0.3, -0.25) is 0 Å². The van der Waals surface area contributed by atoms with Crippen molar-refractivity contribution in [1.29, 1.82) is 0 Å². The molecule has 64 valence electrons. The minimum Gasteiger partial charge on any atom is -0.170 e. The summed E-state index contributed by atoms with van der Waals surface area (Å²) >= 11 is 0. The van der Waals surface area contributed by atoms with Gasteiger partial charge >= 0.3 is 6.18 Å². The van der Waals surface area contributed by atoms with Gasteiger partial charge in [0.25, 0.3) is 0 Å². The van der Waals surface area contributed by atoms with Crippen LogP contribution in [0.2, 0.25) is 0 Å². The molecule has 0 aromatic rings. The topological polar surface area (TPSA) is 0 Å². The summed E-state index contributed by atoms with van der Waals surface area (Å²) < 4.78 is 36.6. The number of hydrogen-bond donors (Lipinski definition) is 0. The highest BCUT2D eigenvalue weighted by atomic mass is 19.4. The number of halogens is 3. The Morgan fingerprint density at radius 1 is 1.27 bits per heavy atom. The third kappa shape index (κ3) is 1.57. The molecule has 0 spiro atoms. The molecule has 0 heterocycles. The molecule has 1 aliphatic rings. The largest absolute Gasteiger partial charge is 0.397 e. The zero-order chi connectivity index (χ0) is 8.70. The molecule has 0 saturated heterocycles. The first-order valence-corrected chi connectivity index (χ1v) is 3.60. The first-order chi connectivity index (χ1) is 4.87. The van der Waals surface area contributed by atoms with Gasteiger partial charge in [-0.25, -0.2) is 0 Å². The monoisotopic (exact) mass is 164 g/mol. The van der Waals surface area contributed by atoms with Crippen molar-refractivity contribution in [2.45, 2.75) is 32.9 Å². The molecule has 0 unspecified atom stereocenters. The molecule has 0 aromatic carbocycles. The Kier molecular flexibility index (Phi) is 1.77. The number of rotatable bonds is 1. The van der Waals surface area contributed by atoms with E-state index in [1.54, 1.807) is 13.8 Å². The maximum atomic E-state index is 12.2. The Morgan fingerprint density at radius 3 is 1.82 bits per heavy atom. The van der Waals surface area contributed by atoms with Crippen molar-refractivity contribution in [3.63, 3.8) is 0 Å². The molecule has 0 amide bonds. The molecule has 3 heteroatoms. The fourth-order valence-corrected chi connectivity index (χ4v) is 1.20. The molecule has 0 nitrogen and oxygen atoms in total. The third-order valence-corrected chi connectivity index (χ3v) is 1.92. The van der Waals surface area contributed by atoms with Crippen LogP contribution in [0.3, 0.4) is 0 Å². The van der Waals surface area contributed by atoms with Crippen molar-refractivity contribution in [3.05, 3.63) is 11.6 Å². The molecule has 0 atom stereocenters. The summed E-state index contributed by atoms with van der Waals surface area (Å²) in [4.78, 5) is 0. The quantitative estimate of drug-likeness (QED) is 0.521. The number of allylic oxidation sites excluding steroid dienone is 2. The Morgan fingerprint density at radius 2 is 1.73 bits per heavy atom. The molecule has 1 aliphatic carbocycles. The summed E-state index contributed by atoms with van der Waals surface area (Å²) in [7, 11) is 0. The van der Waals surface area contributed by atoms with Crippen molar-refractivity contribution < 1.29 is 13.2 Å². The van der Waals surface area contributed by atoms with Crippen LogP contribution in [0.15, 0.2) is 11.6 Å². The van der Waals surface area contributed by atoms with Gasteiger partial charge in [-0.05, 0) is 26.7 Å². The van der Waals surface area contributed by atoms with E-state index in [4.69, 9.17) is 0 Å². The summed E-state index contributed by atoms with van der Waals surface area (Å²) in [6.45, 7) is 3.40. The lowest BCUT2D eigenvalue weighted by atomic mass is 10.0. The fourth-order valence-electron chi connectivity index (χ4n) is 1.20. The lowest BCUT2D eigenvalue weighted by Gasteiger charge is -2.15. The van der Waals surface area contributed by atoms with Gasteiger partial charge in [-0.1, -0.05) is 11.6 Å². The molecule has 0 aromatic heterocycles. The molecular weight excluding hydrogens is 153 g/mol. The summed E-state index contributed by atoms with van der Waals surface area (Å²) in [6.07, 6.45) is -2.17. The second-order valence-electron chi connectivity index (χ2n) is 3.38. The molecule has 0 radical (unpaired) electrons. The molecule has 1 fully saturated rings. The first-order valence-electron chi connectivity index (χ1n) is 3.60. The highest BCUT2D eigenvalue weighted by Crippen LogP contribution is 2.59. The SMILES string of the molecule is CC(C)=CC1(C(F)(F)F)CC1. The van der Waals surface area contributed by atoms with E-state index in [-0.39, 0.29) is 12.8 Å². The van der Waals surface area contributed by atoms with E-state index in [9.17, 15) is 13.2 Å². The summed E-state index contributed by atoms with van der Waals surface area (Å²) in [5.74, 6) is 0. The van der Waals surface area contributed by atoms with Crippen molar-refractivity contribution >= 4 is 0 Å². The Hall–Kier alpha value is -0.470. The van der Waals surface area contributed by atoms with E-state index < -0.39 is 11.6 Å². The molecule has 1 rings (SSSR count). The van der Waals surface area contributed by atoms with Crippen LogP contribution in [0, 0.1) is 5.41 Å². The highest BCUT2D eigenvalue weighted by Gasteiger charge is 2.61. The first kappa shape index (κ1) is 8.62. The van der Waals surface area contributed by atoms with Gasteiger partial charge in [0.15, 0.2) is 0 Å². The standard InChI is InChI=1S/C8H11F3/c1-6(2)5-7(3-4-7)8(9,10)11/h5H,3-4H2,1-2H3. The van der Waals surface area contributed by atoms with E-state index in [0.717, 1.165) is 5.57 Å². The third-order valence-electron chi connectivity index (χ3n) is 1.92. The minimum atomic E-state index is -4.04. The van der Waals surface area contributed by atoms with Crippen LogP contribution in [-0.4, -0.2) is 6.18 Å². The van der Waals surface area contributed by atoms with Gasteiger partial charge in [-0.15, -0.1) is 0 Å². The average molecular weight is 164 g/mol. The van der Waals surface area contributed by atoms with Crippen molar-refractivity contribution in [1.82, 2.24) is 0 Å². The van der Waals surface area contributed by atoms with Gasteiger partial charge in [0.05, 0.1) is 5.41 Å². The summed E-state index contributed by atoms with van der Waals surface area (Å²) in [5.41, 5.74) is -0.703. The Balaban J connectivity index is 2.77. The van der Waals surface area contributed by atoms with Gasteiger partial charge in [-0.2, -0.15) is 13.2 Å². The maximum absolute atomic E-state index is 12.2. The Bertz CT molecular complexity index is 180. The molecule has 0 N–H and O–H groups in total. The van der Waals surface area contributed by atoms with Crippen LogP contribution in [0.4, 0.5) is 13.2 Å². The van der Waals surface area contributed by atoms with Crippen LogP contribution in [0.25, 0.3) is 0 Å². The second kappa shape index (κ2) is 2.26. The minimum absolute atomic E-state index is 0.266. The van der Waals surface area contributed by atoms with Crippen LogP contribution in [0.5, 0.6) is 0 Å². The predicted octanol–water partition coefficient (Wildman–Crippen LogP) is 3.30. The van der Waals surface area contributed by atoms with E-state index in [0.29, 0.717) is 0 Å². The zero-order valence-electron chi connectivity index (χ0n) is 6.63. The van der Waals surface area contributed by atoms with Crippen LogP contribution in [0.1, 0.15) is 26.7 Å². The van der Waals surface area contributed by atoms with Gasteiger partial charge < -0.3 is 0 Å². The van der Waals surface area contributed by atoms with Gasteiger partial charge in [0.2, 0.25) is 0 Å². The smallest absolute Gasteiger partial charge is 0.170 e. The van der Waals surface area contributed by atoms with Gasteiger partial charge in [0.1, 0.15) is 0 Å². The van der Waals surface area contributed by atoms with E-state index in [2.05, 4.69) is 0 Å². The van der Waals surface area contributed by atoms with Crippen LogP contribution >= 0.6 is 0 Å². The maximum Gasteiger partial charge on any atom is 0.397 e. The van der Waals surface area contributed by atoms with Crippen molar-refractivity contribution in [2.24, 2.45) is 5.41 Å². The molecule has 0 bridgehead atoms. The van der Waals surface area contributed by atoms with E-state index in [1.807, 2.05) is 0 Å². The second-order valence-corrected chi connectivity index (χ2v) is 3.38. The molecule has 0 aliphatic heterocycles. The summed E-state index contributed by atoms with van der Waals surface area (Å²) in [6, 6.07) is 0. The lowest BCUT2D eigenvalue weighted by Crippen LogP contribution is -2.22. The van der Waals surface area contributed by atoms with E-state index in [1.165, 1.54) is 6.08 Å². The number of hydrogen-bond acceptors (Lipinski definition) is 0. The molecular formula is C8H11F3. The van der Waals surface area contributed by atoms with Crippen LogP contribution in [-0.2, 0) is 0 Å². The van der Waals surface area contributed by atoms with Gasteiger partial charge in [0, 0.05) is 0 Å². The van der Waals surface area contributed by atoms with Crippen molar-refractivity contribution in [2.75, 3.05) is 0 Å². The van der Waals surface area contributed by atoms with Crippen molar-refractivity contribution in [3.8, 4) is 0 Å².